The highest BCUT2D eigenvalue weighted by atomic mass is 32.2. The van der Waals surface area contributed by atoms with Crippen LogP contribution in [0.25, 0.3) is 44.5 Å². The number of carbonyl (C=O) groups is 2. The number of para-hydroxylation sites is 1. The molecule has 2 unspecified atom stereocenters. The van der Waals surface area contributed by atoms with Gasteiger partial charge in [0.25, 0.3) is 0 Å². The minimum Gasteiger partial charge on any atom is -0.478 e. The molecule has 53 heavy (non-hydrogen) atoms. The molecule has 0 radical (unpaired) electrons. The number of hydrogen-bond acceptors (Lipinski definition) is 5. The zero-order valence-electron chi connectivity index (χ0n) is 27.7. The molecule has 2 aliphatic rings. The van der Waals surface area contributed by atoms with Crippen molar-refractivity contribution in [2.24, 2.45) is 0 Å². The lowest BCUT2D eigenvalue weighted by Crippen LogP contribution is -2.25. The van der Waals surface area contributed by atoms with Crippen molar-refractivity contribution < 1.29 is 28.2 Å². The fraction of sp³-hybridized carbons (Fsp3) is 0. The number of benzene rings is 7. The molecule has 0 spiro atoms. The molecule has 256 valence electrons. The molecule has 0 fully saturated rings. The zero-order chi connectivity index (χ0) is 36.4. The maximum Gasteiger partial charge on any atom is 0.335 e. The smallest absolute Gasteiger partial charge is 0.335 e. The highest BCUT2D eigenvalue weighted by Crippen LogP contribution is 2.54. The molecule has 0 aliphatic carbocycles. The van der Waals surface area contributed by atoms with Crippen molar-refractivity contribution in [3.05, 3.63) is 163 Å². The summed E-state index contributed by atoms with van der Waals surface area (Å²) in [7, 11) is -3.03. The monoisotopic (exact) mass is 729 g/mol. The molecule has 2 atom stereocenters. The van der Waals surface area contributed by atoms with Crippen molar-refractivity contribution in [2.45, 2.75) is 19.6 Å². The van der Waals surface area contributed by atoms with Gasteiger partial charge in [0.15, 0.2) is 0 Å². The average molecular weight is 730 g/mol. The summed E-state index contributed by atoms with van der Waals surface area (Å²) in [6.45, 7) is 0. The van der Waals surface area contributed by atoms with Gasteiger partial charge in [0.2, 0.25) is 0 Å². The van der Waals surface area contributed by atoms with Gasteiger partial charge >= 0.3 is 11.9 Å². The molecule has 0 aromatic heterocycles. The van der Waals surface area contributed by atoms with Crippen LogP contribution in [0.4, 0.5) is 17.1 Å². The molecule has 2 heterocycles. The average Bonchev–Trinajstić information content (AvgIpc) is 3.20. The minimum atomic E-state index is -1.51. The maximum atomic E-state index is 14.2. The Morgan fingerprint density at radius 2 is 0.698 bits per heavy atom. The second-order valence-corrected chi connectivity index (χ2v) is 15.6. The van der Waals surface area contributed by atoms with Gasteiger partial charge in [0.05, 0.1) is 69.4 Å². The fourth-order valence-corrected chi connectivity index (χ4v) is 9.87. The highest BCUT2D eigenvalue weighted by Gasteiger charge is 2.38. The van der Waals surface area contributed by atoms with E-state index in [0.717, 1.165) is 55.9 Å². The van der Waals surface area contributed by atoms with Crippen LogP contribution < -0.4 is 4.90 Å². The first kappa shape index (κ1) is 32.5. The number of carboxylic acids is 2. The van der Waals surface area contributed by atoms with E-state index in [4.69, 9.17) is 0 Å². The quantitative estimate of drug-likeness (QED) is 0.175. The van der Waals surface area contributed by atoms with Crippen molar-refractivity contribution in [1.29, 1.82) is 0 Å². The van der Waals surface area contributed by atoms with Crippen molar-refractivity contribution in [2.75, 3.05) is 4.90 Å². The lowest BCUT2D eigenvalue weighted by Gasteiger charge is -2.38. The highest BCUT2D eigenvalue weighted by molar-refractivity contribution is 7.86. The van der Waals surface area contributed by atoms with Crippen LogP contribution in [0.1, 0.15) is 20.7 Å². The van der Waals surface area contributed by atoms with Crippen molar-refractivity contribution in [1.82, 2.24) is 0 Å². The van der Waals surface area contributed by atoms with E-state index in [-0.39, 0.29) is 11.1 Å². The third-order valence-electron chi connectivity index (χ3n) is 9.75. The predicted molar refractivity (Wildman–Crippen MR) is 206 cm³/mol. The lowest BCUT2D eigenvalue weighted by atomic mass is 9.98. The summed E-state index contributed by atoms with van der Waals surface area (Å²) in [5.41, 5.74) is 10.1. The molecule has 7 nitrogen and oxygen atoms in total. The van der Waals surface area contributed by atoms with Crippen LogP contribution in [-0.2, 0) is 21.6 Å². The Morgan fingerprint density at radius 1 is 0.396 bits per heavy atom. The van der Waals surface area contributed by atoms with Crippen molar-refractivity contribution in [3.8, 4) is 44.5 Å². The first-order valence-corrected chi connectivity index (χ1v) is 19.0. The summed E-state index contributed by atoms with van der Waals surface area (Å²) in [5.74, 6) is -1.93. The molecular weight excluding hydrogens is 703 g/mol. The summed E-state index contributed by atoms with van der Waals surface area (Å²) in [6, 6.07) is 46.9. The third-order valence-corrected chi connectivity index (χ3v) is 12.7. The number of aromatic carboxylic acids is 2. The van der Waals surface area contributed by atoms with E-state index in [1.165, 1.54) is 0 Å². The van der Waals surface area contributed by atoms with E-state index in [9.17, 15) is 28.2 Å². The van der Waals surface area contributed by atoms with Gasteiger partial charge in [-0.25, -0.2) is 18.0 Å². The van der Waals surface area contributed by atoms with Gasteiger partial charge in [0, 0.05) is 0 Å². The van der Waals surface area contributed by atoms with Crippen LogP contribution in [0.2, 0.25) is 0 Å². The molecule has 9 heteroatoms. The van der Waals surface area contributed by atoms with Crippen molar-refractivity contribution in [3.63, 3.8) is 0 Å². The Labute approximate surface area is 309 Å². The van der Waals surface area contributed by atoms with Crippen LogP contribution in [0.3, 0.4) is 0 Å². The third kappa shape index (κ3) is 5.49. The number of anilines is 3. The standard InChI is InChI=1S/C44H27NO6S2/c46-43(47)32-16-12-28(13-17-32)26-4-8-30(9-5-26)34-20-22-36-40(24-34)52(50)38-2-1-3-39-42(38)45(36)37-23-21-35(25-41(37)53(39)51)31-10-6-27(7-11-31)29-14-18-33(19-15-29)44(48)49/h1-25H,(H,46,47)(H,48,49). The van der Waals surface area contributed by atoms with Gasteiger partial charge in [-0.15, -0.1) is 0 Å². The number of nitrogens with zero attached hydrogens (tertiary/aromatic N) is 1. The second kappa shape index (κ2) is 12.7. The van der Waals surface area contributed by atoms with E-state index in [2.05, 4.69) is 4.90 Å². The van der Waals surface area contributed by atoms with E-state index in [0.29, 0.717) is 25.3 Å². The van der Waals surface area contributed by atoms with Crippen LogP contribution >= 0.6 is 0 Å². The molecule has 7 aromatic carbocycles. The summed E-state index contributed by atoms with van der Waals surface area (Å²) < 4.78 is 28.4. The summed E-state index contributed by atoms with van der Waals surface area (Å²) in [6.07, 6.45) is 0. The number of carboxylic acid groups (broad SMARTS) is 2. The molecule has 2 N–H and O–H groups in total. The normalized spacial score (nSPS) is 15.2. The topological polar surface area (TPSA) is 112 Å². The van der Waals surface area contributed by atoms with Crippen LogP contribution in [0.15, 0.2) is 171 Å². The first-order chi connectivity index (χ1) is 25.7. The molecule has 2 aliphatic heterocycles. The van der Waals surface area contributed by atoms with E-state index < -0.39 is 33.5 Å². The molecular formula is C44H27NO6S2. The van der Waals surface area contributed by atoms with Gasteiger partial charge in [-0.3, -0.25) is 0 Å². The van der Waals surface area contributed by atoms with Gasteiger partial charge in [0.1, 0.15) is 0 Å². The first-order valence-electron chi connectivity index (χ1n) is 16.7. The summed E-state index contributed by atoms with van der Waals surface area (Å²) >= 11 is 0. The Morgan fingerprint density at radius 3 is 1.04 bits per heavy atom. The van der Waals surface area contributed by atoms with Gasteiger partial charge in [-0.2, -0.15) is 0 Å². The van der Waals surface area contributed by atoms with E-state index in [1.807, 2.05) is 103 Å². The largest absolute Gasteiger partial charge is 0.478 e. The van der Waals surface area contributed by atoms with E-state index >= 15 is 0 Å². The van der Waals surface area contributed by atoms with Crippen LogP contribution in [-0.4, -0.2) is 30.6 Å². The number of hydrogen-bond donors (Lipinski definition) is 2. The lowest BCUT2D eigenvalue weighted by molar-refractivity contribution is 0.0686. The van der Waals surface area contributed by atoms with Gasteiger partial charge < -0.3 is 15.1 Å². The predicted octanol–water partition coefficient (Wildman–Crippen LogP) is 10.2. The Hall–Kier alpha value is -6.42. The molecule has 9 rings (SSSR count). The Balaban J connectivity index is 1.06. The number of rotatable bonds is 6. The minimum absolute atomic E-state index is 0.235. The summed E-state index contributed by atoms with van der Waals surface area (Å²) in [5, 5.41) is 18.5. The molecule has 0 saturated heterocycles. The maximum absolute atomic E-state index is 14.2. The van der Waals surface area contributed by atoms with Gasteiger partial charge in [-0.1, -0.05) is 91.0 Å². The summed E-state index contributed by atoms with van der Waals surface area (Å²) in [4.78, 5) is 27.2. The van der Waals surface area contributed by atoms with Crippen molar-refractivity contribution >= 4 is 50.6 Å². The number of fused-ring (bicyclic) bond motifs is 4. The molecule has 0 saturated carbocycles. The molecule has 0 amide bonds. The molecule has 7 aromatic rings. The Kier molecular flexibility index (Phi) is 7.76. The SMILES string of the molecule is O=C(O)c1ccc(-c2ccc(-c3ccc4c(c3)S(=O)c3cccc5c3N4c3ccc(-c4ccc(-c6ccc(C(=O)O)cc6)cc4)cc3S5=O)cc2)cc1. The van der Waals surface area contributed by atoms with Crippen LogP contribution in [0.5, 0.6) is 0 Å². The second-order valence-electron chi connectivity index (χ2n) is 12.8. The zero-order valence-corrected chi connectivity index (χ0v) is 29.4. The van der Waals surface area contributed by atoms with Gasteiger partial charge in [-0.05, 0) is 105 Å². The fourth-order valence-electron chi connectivity index (χ4n) is 7.00. The van der Waals surface area contributed by atoms with E-state index in [1.54, 1.807) is 48.5 Å². The Bertz CT molecular complexity index is 2510. The molecule has 0 bridgehead atoms. The van der Waals surface area contributed by atoms with Crippen LogP contribution in [0, 0.1) is 0 Å².